The van der Waals surface area contributed by atoms with Crippen LogP contribution in [0.5, 0.6) is 5.75 Å². The highest BCUT2D eigenvalue weighted by molar-refractivity contribution is 6.40. The number of benzene rings is 1. The van der Waals surface area contributed by atoms with Gasteiger partial charge in [-0.2, -0.15) is 9.78 Å². The van der Waals surface area contributed by atoms with Crippen molar-refractivity contribution >= 4 is 52.2 Å². The topological polar surface area (TPSA) is 112 Å². The minimum Gasteiger partial charge on any atom is -0.481 e. The summed E-state index contributed by atoms with van der Waals surface area (Å²) in [6.45, 7) is 3.13. The first kappa shape index (κ1) is 20.9. The zero-order chi connectivity index (χ0) is 20.1. The summed E-state index contributed by atoms with van der Waals surface area (Å²) in [4.78, 5) is 22.0. The number of ether oxygens (including phenoxy) is 1. The van der Waals surface area contributed by atoms with Gasteiger partial charge < -0.3 is 14.9 Å². The van der Waals surface area contributed by atoms with Crippen LogP contribution < -0.4 is 10.2 Å². The lowest BCUT2D eigenvalue weighted by Gasteiger charge is -2.09. The maximum atomic E-state index is 11.9. The summed E-state index contributed by atoms with van der Waals surface area (Å²) in [7, 11) is 0. The number of nitro groups is 1. The molecule has 0 radical (unpaired) electrons. The summed E-state index contributed by atoms with van der Waals surface area (Å²) in [5, 5.41) is 19.2. The quantitative estimate of drug-likeness (QED) is 0.406. The summed E-state index contributed by atoms with van der Waals surface area (Å²) in [6, 6.07) is 4.23. The van der Waals surface area contributed by atoms with Gasteiger partial charge in [-0.15, -0.1) is 0 Å². The van der Waals surface area contributed by atoms with Crippen LogP contribution in [0, 0.1) is 17.0 Å². The van der Waals surface area contributed by atoms with Crippen LogP contribution in [-0.2, 0) is 11.3 Å². The molecule has 1 aromatic heterocycles. The molecule has 0 aliphatic rings. The smallest absolute Gasteiger partial charge is 0.390 e. The third-order valence-corrected chi connectivity index (χ3v) is 4.00. The molecule has 0 aliphatic heterocycles. The Labute approximate surface area is 169 Å². The molecule has 1 amide bonds. The Balaban J connectivity index is 1.91. The number of rotatable bonds is 7. The molecule has 1 N–H and O–H groups in total. The van der Waals surface area contributed by atoms with Gasteiger partial charge in [-0.25, -0.2) is 5.43 Å². The van der Waals surface area contributed by atoms with E-state index in [0.29, 0.717) is 16.4 Å². The number of aromatic nitrogens is 2. The lowest BCUT2D eigenvalue weighted by molar-refractivity contribution is -0.389. The molecule has 0 unspecified atom stereocenters. The molecule has 144 valence electrons. The molecule has 9 nitrogen and oxygen atoms in total. The Morgan fingerprint density at radius 1 is 1.33 bits per heavy atom. The van der Waals surface area contributed by atoms with Crippen LogP contribution in [-0.4, -0.2) is 32.9 Å². The number of carbonyl (C=O) groups excluding carboxylic acids is 1. The zero-order valence-corrected chi connectivity index (χ0v) is 16.5. The van der Waals surface area contributed by atoms with Crippen molar-refractivity contribution in [2.45, 2.75) is 20.4 Å². The Morgan fingerprint density at radius 3 is 2.52 bits per heavy atom. The van der Waals surface area contributed by atoms with Gasteiger partial charge in [0.25, 0.3) is 5.91 Å². The Kier molecular flexibility index (Phi) is 7.00. The van der Waals surface area contributed by atoms with Crippen molar-refractivity contribution < 1.29 is 14.5 Å². The molecular weight excluding hydrogens is 421 g/mol. The van der Waals surface area contributed by atoms with Gasteiger partial charge in [-0.3, -0.25) is 4.79 Å². The lowest BCUT2D eigenvalue weighted by Crippen LogP contribution is -2.26. The summed E-state index contributed by atoms with van der Waals surface area (Å²) < 4.78 is 6.70. The Bertz CT molecular complexity index is 890. The van der Waals surface area contributed by atoms with Crippen LogP contribution in [0.15, 0.2) is 23.3 Å². The monoisotopic (exact) mass is 433 g/mol. The maximum Gasteiger partial charge on any atom is 0.390 e. The molecule has 1 aromatic carbocycles. The number of amides is 1. The third-order valence-electron chi connectivity index (χ3n) is 3.22. The van der Waals surface area contributed by atoms with Gasteiger partial charge in [0.2, 0.25) is 0 Å². The van der Waals surface area contributed by atoms with Gasteiger partial charge in [0.1, 0.15) is 6.54 Å². The standard InChI is InChI=1S/C15H14Cl3N5O4/c1-8(6-22-9(2)3-13(21-22)23(25)26)19-20-14(24)7-27-15-11(17)4-10(16)5-12(15)18/h3-5H,6-7H2,1-2H3,(H,20,24). The predicted molar refractivity (Wildman–Crippen MR) is 102 cm³/mol. The van der Waals surface area contributed by atoms with Gasteiger partial charge in [-0.1, -0.05) is 34.8 Å². The highest BCUT2D eigenvalue weighted by Gasteiger charge is 2.16. The summed E-state index contributed by atoms with van der Waals surface area (Å²) >= 11 is 17.7. The fraction of sp³-hybridized carbons (Fsp3) is 0.267. The Hall–Kier alpha value is -2.36. The van der Waals surface area contributed by atoms with E-state index in [2.05, 4.69) is 15.6 Å². The van der Waals surface area contributed by atoms with Gasteiger partial charge in [0, 0.05) is 5.02 Å². The molecule has 27 heavy (non-hydrogen) atoms. The van der Waals surface area contributed by atoms with E-state index in [1.54, 1.807) is 13.8 Å². The Morgan fingerprint density at radius 2 is 1.96 bits per heavy atom. The predicted octanol–water partition coefficient (Wildman–Crippen LogP) is 3.63. The summed E-state index contributed by atoms with van der Waals surface area (Å²) in [5.74, 6) is -0.660. The first-order chi connectivity index (χ1) is 12.7. The molecule has 2 rings (SSSR count). The molecule has 1 heterocycles. The molecule has 0 saturated heterocycles. The second-order valence-corrected chi connectivity index (χ2v) is 6.68. The third kappa shape index (κ3) is 5.81. The SMILES string of the molecule is CC(Cn1nc([N+](=O)[O-])cc1C)=NNC(=O)COc1c(Cl)cc(Cl)cc1Cl. The fourth-order valence-electron chi connectivity index (χ4n) is 1.99. The number of hydrogen-bond donors (Lipinski definition) is 1. The van der Waals surface area contributed by atoms with Crippen molar-refractivity contribution in [1.29, 1.82) is 0 Å². The number of nitrogens with one attached hydrogen (secondary N) is 1. The van der Waals surface area contributed by atoms with Crippen molar-refractivity contribution in [3.63, 3.8) is 0 Å². The summed E-state index contributed by atoms with van der Waals surface area (Å²) in [5.41, 5.74) is 3.38. The van der Waals surface area contributed by atoms with E-state index in [4.69, 9.17) is 39.5 Å². The lowest BCUT2D eigenvalue weighted by atomic mass is 10.3. The van der Waals surface area contributed by atoms with Gasteiger partial charge in [0.15, 0.2) is 12.4 Å². The van der Waals surface area contributed by atoms with Gasteiger partial charge >= 0.3 is 5.82 Å². The number of hydrazone groups is 1. The number of hydrogen-bond acceptors (Lipinski definition) is 6. The van der Waals surface area contributed by atoms with Crippen molar-refractivity contribution in [3.05, 3.63) is 49.1 Å². The average Bonchev–Trinajstić information content (AvgIpc) is 2.93. The van der Waals surface area contributed by atoms with Crippen molar-refractivity contribution in [3.8, 4) is 5.75 Å². The molecule has 0 atom stereocenters. The van der Waals surface area contributed by atoms with E-state index >= 15 is 0 Å². The van der Waals surface area contributed by atoms with E-state index in [-0.39, 0.29) is 34.8 Å². The largest absolute Gasteiger partial charge is 0.481 e. The van der Waals surface area contributed by atoms with Crippen LogP contribution in [0.25, 0.3) is 0 Å². The second-order valence-electron chi connectivity index (χ2n) is 5.43. The van der Waals surface area contributed by atoms with Gasteiger partial charge in [-0.05, 0) is 30.9 Å². The van der Waals surface area contributed by atoms with Crippen molar-refractivity contribution in [1.82, 2.24) is 15.2 Å². The van der Waals surface area contributed by atoms with Crippen molar-refractivity contribution in [2.24, 2.45) is 5.10 Å². The molecule has 0 spiro atoms. The molecule has 0 bridgehead atoms. The van der Waals surface area contributed by atoms with Crippen LogP contribution in [0.4, 0.5) is 5.82 Å². The van der Waals surface area contributed by atoms with E-state index in [1.165, 1.54) is 22.9 Å². The highest BCUT2D eigenvalue weighted by Crippen LogP contribution is 2.35. The van der Waals surface area contributed by atoms with E-state index in [0.717, 1.165) is 0 Å². The first-order valence-electron chi connectivity index (χ1n) is 7.45. The molecule has 0 saturated carbocycles. The van der Waals surface area contributed by atoms with E-state index < -0.39 is 10.8 Å². The summed E-state index contributed by atoms with van der Waals surface area (Å²) in [6.07, 6.45) is 0. The minimum absolute atomic E-state index is 0.137. The van der Waals surface area contributed by atoms with E-state index in [9.17, 15) is 14.9 Å². The van der Waals surface area contributed by atoms with Crippen LogP contribution in [0.3, 0.4) is 0 Å². The van der Waals surface area contributed by atoms with Crippen LogP contribution in [0.2, 0.25) is 15.1 Å². The molecule has 0 aliphatic carbocycles. The first-order valence-corrected chi connectivity index (χ1v) is 8.59. The number of nitrogens with zero attached hydrogens (tertiary/aromatic N) is 4. The molecule has 0 fully saturated rings. The van der Waals surface area contributed by atoms with E-state index in [1.807, 2.05) is 0 Å². The molecular formula is C15H14Cl3N5O4. The molecule has 2 aromatic rings. The van der Waals surface area contributed by atoms with Gasteiger partial charge in [0.05, 0.1) is 32.6 Å². The van der Waals surface area contributed by atoms with Crippen LogP contribution >= 0.6 is 34.8 Å². The average molecular weight is 435 g/mol. The molecule has 12 heteroatoms. The zero-order valence-electron chi connectivity index (χ0n) is 14.2. The number of halogens is 3. The fourth-order valence-corrected chi connectivity index (χ4v) is 2.91. The maximum absolute atomic E-state index is 11.9. The highest BCUT2D eigenvalue weighted by atomic mass is 35.5. The van der Waals surface area contributed by atoms with Crippen molar-refractivity contribution in [2.75, 3.05) is 6.61 Å². The van der Waals surface area contributed by atoms with Crippen LogP contribution in [0.1, 0.15) is 12.6 Å². The number of aryl methyl sites for hydroxylation is 1. The number of carbonyl (C=O) groups is 1. The second kappa shape index (κ2) is 9.03. The normalized spacial score (nSPS) is 11.4. The minimum atomic E-state index is -0.581.